The maximum atomic E-state index is 9.58. The van der Waals surface area contributed by atoms with E-state index < -0.39 is 0 Å². The van der Waals surface area contributed by atoms with Gasteiger partial charge in [0.05, 0.1) is 6.54 Å². The Morgan fingerprint density at radius 2 is 2.10 bits per heavy atom. The Morgan fingerprint density at radius 1 is 1.50 bits per heavy atom. The Balaban J connectivity index is 2.52. The third-order valence-electron chi connectivity index (χ3n) is 2.53. The van der Waals surface area contributed by atoms with Gasteiger partial charge in [-0.15, -0.1) is 0 Å². The van der Waals surface area contributed by atoms with E-state index in [1.165, 1.54) is 0 Å². The lowest BCUT2D eigenvalue weighted by molar-refractivity contribution is -0.742. The summed E-state index contributed by atoms with van der Waals surface area (Å²) < 4.78 is 0. The van der Waals surface area contributed by atoms with E-state index in [1.807, 2.05) is 0 Å². The SMILES string of the molecule is C[C@@H]1C[NH2+]C(C)(C)[C@@H](O)C1. The first-order valence-corrected chi connectivity index (χ1v) is 4.05. The molecule has 10 heavy (non-hydrogen) atoms. The smallest absolute Gasteiger partial charge is 0.117 e. The second-order valence-electron chi connectivity index (χ2n) is 4.12. The third-order valence-corrected chi connectivity index (χ3v) is 2.53. The molecule has 0 amide bonds. The van der Waals surface area contributed by atoms with Crippen LogP contribution in [-0.2, 0) is 0 Å². The molecule has 0 saturated carbocycles. The van der Waals surface area contributed by atoms with Gasteiger partial charge in [0.1, 0.15) is 11.6 Å². The molecule has 1 aliphatic heterocycles. The van der Waals surface area contributed by atoms with E-state index in [2.05, 4.69) is 26.1 Å². The second-order valence-corrected chi connectivity index (χ2v) is 4.12. The highest BCUT2D eigenvalue weighted by molar-refractivity contribution is 4.80. The van der Waals surface area contributed by atoms with E-state index >= 15 is 0 Å². The Kier molecular flexibility index (Phi) is 2.02. The highest BCUT2D eigenvalue weighted by Crippen LogP contribution is 2.16. The third kappa shape index (κ3) is 1.50. The number of hydrogen-bond donors (Lipinski definition) is 2. The average molecular weight is 144 g/mol. The molecule has 3 N–H and O–H groups in total. The van der Waals surface area contributed by atoms with Crippen LogP contribution in [0.4, 0.5) is 0 Å². The van der Waals surface area contributed by atoms with Crippen LogP contribution in [0.2, 0.25) is 0 Å². The molecule has 1 saturated heterocycles. The number of aliphatic hydroxyl groups excluding tert-OH is 1. The monoisotopic (exact) mass is 144 g/mol. The van der Waals surface area contributed by atoms with E-state index in [1.54, 1.807) is 0 Å². The van der Waals surface area contributed by atoms with Gasteiger partial charge in [-0.1, -0.05) is 6.92 Å². The molecule has 0 aromatic rings. The van der Waals surface area contributed by atoms with E-state index in [0.29, 0.717) is 5.92 Å². The van der Waals surface area contributed by atoms with Crippen molar-refractivity contribution in [1.29, 1.82) is 0 Å². The Hall–Kier alpha value is -0.0800. The van der Waals surface area contributed by atoms with E-state index in [-0.39, 0.29) is 11.6 Å². The summed E-state index contributed by atoms with van der Waals surface area (Å²) in [5.41, 5.74) is 0.0481. The van der Waals surface area contributed by atoms with Gasteiger partial charge in [0.25, 0.3) is 0 Å². The quantitative estimate of drug-likeness (QED) is 0.482. The molecule has 0 aliphatic carbocycles. The van der Waals surface area contributed by atoms with Crippen LogP contribution in [-0.4, -0.2) is 23.3 Å². The highest BCUT2D eigenvalue weighted by atomic mass is 16.3. The van der Waals surface area contributed by atoms with Gasteiger partial charge in [0, 0.05) is 5.92 Å². The molecule has 60 valence electrons. The molecule has 1 fully saturated rings. The van der Waals surface area contributed by atoms with Crippen molar-refractivity contribution in [2.75, 3.05) is 6.54 Å². The summed E-state index contributed by atoms with van der Waals surface area (Å²) in [6, 6.07) is 0. The van der Waals surface area contributed by atoms with Crippen molar-refractivity contribution in [1.82, 2.24) is 0 Å². The van der Waals surface area contributed by atoms with Crippen LogP contribution >= 0.6 is 0 Å². The number of rotatable bonds is 0. The van der Waals surface area contributed by atoms with Crippen molar-refractivity contribution in [3.05, 3.63) is 0 Å². The number of aliphatic hydroxyl groups is 1. The van der Waals surface area contributed by atoms with Gasteiger partial charge in [-0.2, -0.15) is 0 Å². The van der Waals surface area contributed by atoms with Crippen LogP contribution in [0.25, 0.3) is 0 Å². The normalized spacial score (nSPS) is 39.6. The van der Waals surface area contributed by atoms with E-state index in [9.17, 15) is 5.11 Å². The Bertz CT molecular complexity index is 122. The summed E-state index contributed by atoms with van der Waals surface area (Å²) in [4.78, 5) is 0. The highest BCUT2D eigenvalue weighted by Gasteiger charge is 2.36. The lowest BCUT2D eigenvalue weighted by Gasteiger charge is -2.35. The van der Waals surface area contributed by atoms with Gasteiger partial charge in [0.15, 0.2) is 0 Å². The average Bonchev–Trinajstić information content (AvgIpc) is 1.81. The fraction of sp³-hybridized carbons (Fsp3) is 1.00. The first-order chi connectivity index (χ1) is 4.52. The molecule has 1 rings (SSSR count). The van der Waals surface area contributed by atoms with E-state index in [0.717, 1.165) is 13.0 Å². The number of piperidine rings is 1. The van der Waals surface area contributed by atoms with Crippen LogP contribution in [0.15, 0.2) is 0 Å². The fourth-order valence-electron chi connectivity index (χ4n) is 1.42. The predicted molar refractivity (Wildman–Crippen MR) is 40.7 cm³/mol. The van der Waals surface area contributed by atoms with Crippen molar-refractivity contribution >= 4 is 0 Å². The lowest BCUT2D eigenvalue weighted by atomic mass is 9.85. The lowest BCUT2D eigenvalue weighted by Crippen LogP contribution is -3.00. The van der Waals surface area contributed by atoms with Gasteiger partial charge < -0.3 is 10.4 Å². The summed E-state index contributed by atoms with van der Waals surface area (Å²) in [6.45, 7) is 7.55. The van der Waals surface area contributed by atoms with Gasteiger partial charge in [0.2, 0.25) is 0 Å². The van der Waals surface area contributed by atoms with Crippen LogP contribution in [0, 0.1) is 5.92 Å². The number of quaternary nitrogens is 1. The summed E-state index contributed by atoms with van der Waals surface area (Å²) in [7, 11) is 0. The molecule has 2 heteroatoms. The molecular weight excluding hydrogens is 126 g/mol. The minimum Gasteiger partial charge on any atom is -0.387 e. The first kappa shape index (κ1) is 8.02. The summed E-state index contributed by atoms with van der Waals surface area (Å²) in [5, 5.41) is 11.8. The molecule has 0 aromatic heterocycles. The minimum absolute atomic E-state index is 0.0481. The summed E-state index contributed by atoms with van der Waals surface area (Å²) in [6.07, 6.45) is 0.833. The second kappa shape index (κ2) is 2.51. The molecular formula is C8H18NO+. The van der Waals surface area contributed by atoms with Crippen molar-refractivity contribution < 1.29 is 10.4 Å². The zero-order valence-electron chi connectivity index (χ0n) is 7.09. The molecule has 1 aliphatic rings. The topological polar surface area (TPSA) is 36.8 Å². The summed E-state index contributed by atoms with van der Waals surface area (Å²) >= 11 is 0. The summed E-state index contributed by atoms with van der Waals surface area (Å²) in [5.74, 6) is 0.669. The number of nitrogens with two attached hydrogens (primary N) is 1. The molecule has 1 heterocycles. The Morgan fingerprint density at radius 3 is 2.50 bits per heavy atom. The molecule has 2 nitrogen and oxygen atoms in total. The zero-order valence-corrected chi connectivity index (χ0v) is 7.09. The fourth-order valence-corrected chi connectivity index (χ4v) is 1.42. The molecule has 0 aromatic carbocycles. The molecule has 0 spiro atoms. The maximum absolute atomic E-state index is 9.58. The van der Waals surface area contributed by atoms with Crippen LogP contribution in [0.1, 0.15) is 27.2 Å². The van der Waals surface area contributed by atoms with Crippen LogP contribution in [0.3, 0.4) is 0 Å². The predicted octanol–water partition coefficient (Wildman–Crippen LogP) is -0.271. The van der Waals surface area contributed by atoms with Crippen molar-refractivity contribution in [3.8, 4) is 0 Å². The van der Waals surface area contributed by atoms with Crippen LogP contribution < -0.4 is 5.32 Å². The van der Waals surface area contributed by atoms with E-state index in [4.69, 9.17) is 0 Å². The molecule has 2 atom stereocenters. The largest absolute Gasteiger partial charge is 0.387 e. The molecule has 0 radical (unpaired) electrons. The van der Waals surface area contributed by atoms with Crippen molar-refractivity contribution in [3.63, 3.8) is 0 Å². The number of hydrogen-bond acceptors (Lipinski definition) is 1. The van der Waals surface area contributed by atoms with Gasteiger partial charge >= 0.3 is 0 Å². The standard InChI is InChI=1S/C8H17NO/c1-6-4-7(10)8(2,3)9-5-6/h6-7,9-10H,4-5H2,1-3H3/p+1/t6-,7-/m0/s1. The minimum atomic E-state index is -0.128. The molecule has 0 unspecified atom stereocenters. The molecule has 0 bridgehead atoms. The van der Waals surface area contributed by atoms with Crippen LogP contribution in [0.5, 0.6) is 0 Å². The van der Waals surface area contributed by atoms with Gasteiger partial charge in [-0.25, -0.2) is 0 Å². The zero-order chi connectivity index (χ0) is 7.78. The first-order valence-electron chi connectivity index (χ1n) is 4.05. The maximum Gasteiger partial charge on any atom is 0.117 e. The van der Waals surface area contributed by atoms with Crippen molar-refractivity contribution in [2.45, 2.75) is 38.8 Å². The van der Waals surface area contributed by atoms with Crippen molar-refractivity contribution in [2.24, 2.45) is 5.92 Å². The Labute approximate surface area is 62.6 Å². The van der Waals surface area contributed by atoms with Gasteiger partial charge in [-0.05, 0) is 20.3 Å². The van der Waals surface area contributed by atoms with Gasteiger partial charge in [-0.3, -0.25) is 0 Å².